The van der Waals surface area contributed by atoms with Crippen molar-refractivity contribution < 1.29 is 0 Å². The highest BCUT2D eigenvalue weighted by molar-refractivity contribution is 5.24. The van der Waals surface area contributed by atoms with Crippen LogP contribution in [0.3, 0.4) is 0 Å². The molecule has 0 saturated carbocycles. The molecule has 0 amide bonds. The van der Waals surface area contributed by atoms with Crippen molar-refractivity contribution in [3.63, 3.8) is 0 Å². The van der Waals surface area contributed by atoms with E-state index in [9.17, 15) is 0 Å². The molecule has 0 aliphatic carbocycles. The van der Waals surface area contributed by atoms with Crippen molar-refractivity contribution in [2.75, 3.05) is 20.6 Å². The van der Waals surface area contributed by atoms with Gasteiger partial charge in [-0.2, -0.15) is 5.26 Å². The highest BCUT2D eigenvalue weighted by atomic mass is 15.0. The molecule has 0 aliphatic rings. The largest absolute Gasteiger partial charge is 0.309 e. The van der Waals surface area contributed by atoms with E-state index in [2.05, 4.69) is 25.1 Å². The second kappa shape index (κ2) is 6.21. The SMILES string of the molecule is CN(C)CCC[C@H](C#N)c1ccccc1. The third kappa shape index (κ3) is 4.14. The molecule has 0 fully saturated rings. The number of hydrogen-bond donors (Lipinski definition) is 0. The normalized spacial score (nSPS) is 12.4. The van der Waals surface area contributed by atoms with Crippen molar-refractivity contribution in [1.29, 1.82) is 5.26 Å². The third-order valence-corrected chi connectivity index (χ3v) is 2.46. The zero-order valence-electron chi connectivity index (χ0n) is 9.48. The number of rotatable bonds is 5. The summed E-state index contributed by atoms with van der Waals surface area (Å²) in [6, 6.07) is 12.4. The summed E-state index contributed by atoms with van der Waals surface area (Å²) in [6.45, 7) is 1.05. The Kier molecular flexibility index (Phi) is 4.86. The average Bonchev–Trinajstić information content (AvgIpc) is 2.25. The molecule has 0 heterocycles. The van der Waals surface area contributed by atoms with Crippen molar-refractivity contribution in [3.8, 4) is 6.07 Å². The first-order valence-electron chi connectivity index (χ1n) is 5.33. The van der Waals surface area contributed by atoms with E-state index < -0.39 is 0 Å². The Labute approximate surface area is 92.1 Å². The van der Waals surface area contributed by atoms with E-state index in [0.717, 1.165) is 24.9 Å². The van der Waals surface area contributed by atoms with Crippen LogP contribution in [-0.4, -0.2) is 25.5 Å². The minimum atomic E-state index is 0.0474. The molecule has 0 spiro atoms. The molecule has 0 saturated heterocycles. The fraction of sp³-hybridized carbons (Fsp3) is 0.462. The quantitative estimate of drug-likeness (QED) is 0.734. The van der Waals surface area contributed by atoms with Gasteiger partial charge < -0.3 is 4.90 Å². The van der Waals surface area contributed by atoms with Gasteiger partial charge in [-0.15, -0.1) is 0 Å². The number of nitrogens with zero attached hydrogens (tertiary/aromatic N) is 2. The summed E-state index contributed by atoms with van der Waals surface area (Å²) in [6.07, 6.45) is 2.01. The van der Waals surface area contributed by atoms with E-state index in [4.69, 9.17) is 5.26 Å². The number of benzene rings is 1. The Morgan fingerprint density at radius 3 is 2.47 bits per heavy atom. The van der Waals surface area contributed by atoms with E-state index >= 15 is 0 Å². The van der Waals surface area contributed by atoms with Crippen molar-refractivity contribution in [1.82, 2.24) is 4.90 Å². The van der Waals surface area contributed by atoms with Crippen LogP contribution in [0.5, 0.6) is 0 Å². The van der Waals surface area contributed by atoms with Crippen LogP contribution in [0, 0.1) is 11.3 Å². The zero-order chi connectivity index (χ0) is 11.1. The summed E-state index contributed by atoms with van der Waals surface area (Å²) in [5.74, 6) is 0.0474. The molecule has 1 aromatic carbocycles. The molecule has 80 valence electrons. The fourth-order valence-electron chi connectivity index (χ4n) is 1.60. The van der Waals surface area contributed by atoms with Gasteiger partial charge in [0.1, 0.15) is 0 Å². The van der Waals surface area contributed by atoms with Gasteiger partial charge in [0, 0.05) is 0 Å². The highest BCUT2D eigenvalue weighted by Crippen LogP contribution is 2.19. The van der Waals surface area contributed by atoms with E-state index in [0.29, 0.717) is 0 Å². The van der Waals surface area contributed by atoms with Gasteiger partial charge in [0.15, 0.2) is 0 Å². The predicted octanol–water partition coefficient (Wildman–Crippen LogP) is 2.64. The maximum absolute atomic E-state index is 9.08. The van der Waals surface area contributed by atoms with Crippen molar-refractivity contribution in [2.24, 2.45) is 0 Å². The van der Waals surface area contributed by atoms with Gasteiger partial charge in [-0.25, -0.2) is 0 Å². The van der Waals surface area contributed by atoms with Crippen molar-refractivity contribution in [2.45, 2.75) is 18.8 Å². The van der Waals surface area contributed by atoms with Gasteiger partial charge in [0.05, 0.1) is 12.0 Å². The third-order valence-electron chi connectivity index (χ3n) is 2.46. The lowest BCUT2D eigenvalue weighted by atomic mass is 9.96. The smallest absolute Gasteiger partial charge is 0.0713 e. The summed E-state index contributed by atoms with van der Waals surface area (Å²) < 4.78 is 0. The molecule has 0 aromatic heterocycles. The van der Waals surface area contributed by atoms with E-state index in [-0.39, 0.29) is 5.92 Å². The van der Waals surface area contributed by atoms with Crippen LogP contribution in [0.15, 0.2) is 30.3 Å². The first-order chi connectivity index (χ1) is 7.24. The maximum atomic E-state index is 9.08. The summed E-state index contributed by atoms with van der Waals surface area (Å²) in [5.41, 5.74) is 1.14. The highest BCUT2D eigenvalue weighted by Gasteiger charge is 2.09. The first-order valence-corrected chi connectivity index (χ1v) is 5.33. The van der Waals surface area contributed by atoms with E-state index in [1.165, 1.54) is 0 Å². The van der Waals surface area contributed by atoms with Gasteiger partial charge in [0.25, 0.3) is 0 Å². The summed E-state index contributed by atoms with van der Waals surface area (Å²) in [4.78, 5) is 2.15. The van der Waals surface area contributed by atoms with Gasteiger partial charge in [-0.05, 0) is 39.0 Å². The van der Waals surface area contributed by atoms with Crippen LogP contribution in [-0.2, 0) is 0 Å². The molecule has 0 unspecified atom stereocenters. The predicted molar refractivity (Wildman–Crippen MR) is 62.6 cm³/mol. The maximum Gasteiger partial charge on any atom is 0.0713 e. The Balaban J connectivity index is 2.48. The van der Waals surface area contributed by atoms with Gasteiger partial charge in [0.2, 0.25) is 0 Å². The second-order valence-electron chi connectivity index (χ2n) is 4.04. The zero-order valence-corrected chi connectivity index (χ0v) is 9.48. The molecule has 0 aliphatic heterocycles. The molecule has 0 bridgehead atoms. The molecule has 1 atom stereocenters. The number of hydrogen-bond acceptors (Lipinski definition) is 2. The molecule has 0 N–H and O–H groups in total. The number of nitriles is 1. The van der Waals surface area contributed by atoms with Crippen LogP contribution >= 0.6 is 0 Å². The van der Waals surface area contributed by atoms with Crippen LogP contribution in [0.4, 0.5) is 0 Å². The first kappa shape index (κ1) is 11.7. The minimum absolute atomic E-state index is 0.0474. The summed E-state index contributed by atoms with van der Waals surface area (Å²) in [7, 11) is 4.12. The minimum Gasteiger partial charge on any atom is -0.309 e. The standard InChI is InChI=1S/C13H18N2/c1-15(2)10-6-9-13(11-14)12-7-4-3-5-8-12/h3-5,7-8,13H,6,9-10H2,1-2H3/t13-/m1/s1. The molecule has 2 heteroatoms. The molecule has 1 aromatic rings. The summed E-state index contributed by atoms with van der Waals surface area (Å²) in [5, 5.41) is 9.08. The van der Waals surface area contributed by atoms with Crippen molar-refractivity contribution in [3.05, 3.63) is 35.9 Å². The average molecular weight is 202 g/mol. The lowest BCUT2D eigenvalue weighted by molar-refractivity contribution is 0.391. The van der Waals surface area contributed by atoms with Crippen molar-refractivity contribution >= 4 is 0 Å². The Hall–Kier alpha value is -1.33. The van der Waals surface area contributed by atoms with Gasteiger partial charge in [-0.1, -0.05) is 30.3 Å². The molecular formula is C13H18N2. The summed E-state index contributed by atoms with van der Waals surface area (Å²) >= 11 is 0. The fourth-order valence-corrected chi connectivity index (χ4v) is 1.60. The van der Waals surface area contributed by atoms with E-state index in [1.54, 1.807) is 0 Å². The molecular weight excluding hydrogens is 184 g/mol. The lowest BCUT2D eigenvalue weighted by Gasteiger charge is -2.12. The Morgan fingerprint density at radius 2 is 1.93 bits per heavy atom. The topological polar surface area (TPSA) is 27.0 Å². The van der Waals surface area contributed by atoms with Crippen LogP contribution in [0.25, 0.3) is 0 Å². The molecule has 0 radical (unpaired) electrons. The van der Waals surface area contributed by atoms with Crippen LogP contribution in [0.1, 0.15) is 24.3 Å². The lowest BCUT2D eigenvalue weighted by Crippen LogP contribution is -2.13. The second-order valence-corrected chi connectivity index (χ2v) is 4.04. The monoisotopic (exact) mass is 202 g/mol. The van der Waals surface area contributed by atoms with E-state index in [1.807, 2.05) is 30.3 Å². The molecule has 2 nitrogen and oxygen atoms in total. The Bertz CT molecular complexity index is 311. The van der Waals surface area contributed by atoms with Crippen LogP contribution in [0.2, 0.25) is 0 Å². The van der Waals surface area contributed by atoms with Crippen LogP contribution < -0.4 is 0 Å². The van der Waals surface area contributed by atoms with Gasteiger partial charge in [-0.3, -0.25) is 0 Å². The van der Waals surface area contributed by atoms with Gasteiger partial charge >= 0.3 is 0 Å². The molecule has 1 rings (SSSR count). The Morgan fingerprint density at radius 1 is 1.27 bits per heavy atom. The molecule has 15 heavy (non-hydrogen) atoms.